The van der Waals surface area contributed by atoms with Gasteiger partial charge in [0.1, 0.15) is 5.15 Å². The fraction of sp³-hybridized carbons (Fsp3) is 0.167. The second kappa shape index (κ2) is 4.84. The number of hydrogen-bond acceptors (Lipinski definition) is 4. The van der Waals surface area contributed by atoms with Gasteiger partial charge in [-0.05, 0) is 24.3 Å². The summed E-state index contributed by atoms with van der Waals surface area (Å²) in [5.74, 6) is 0.532. The second-order valence-corrected chi connectivity index (χ2v) is 5.27. The van der Waals surface area contributed by atoms with E-state index in [4.69, 9.17) is 11.6 Å². The topological polar surface area (TPSA) is 49.8 Å². The second-order valence-electron chi connectivity index (χ2n) is 4.00. The number of nitrogens with one attached hydrogen (secondary N) is 2. The zero-order chi connectivity index (χ0) is 12.5. The molecule has 92 valence electrons. The lowest BCUT2D eigenvalue weighted by molar-refractivity contribution is 0.758. The smallest absolute Gasteiger partial charge is 0.228 e. The summed E-state index contributed by atoms with van der Waals surface area (Å²) in [5, 5.41) is 6.87. The number of benzene rings is 1. The maximum Gasteiger partial charge on any atom is 0.228 e. The minimum absolute atomic E-state index is 0.518. The van der Waals surface area contributed by atoms with E-state index >= 15 is 0 Å². The Labute approximate surface area is 118 Å². The molecule has 1 aliphatic rings. The highest BCUT2D eigenvalue weighted by atomic mass is 79.9. The van der Waals surface area contributed by atoms with E-state index in [9.17, 15) is 0 Å². The van der Waals surface area contributed by atoms with Crippen LogP contribution < -0.4 is 10.6 Å². The Bertz CT molecular complexity index is 585. The highest BCUT2D eigenvalue weighted by Crippen LogP contribution is 2.24. The molecule has 0 saturated carbocycles. The molecule has 0 fully saturated rings. The van der Waals surface area contributed by atoms with Crippen LogP contribution in [0.15, 0.2) is 28.7 Å². The first kappa shape index (κ1) is 11.9. The molecule has 0 bridgehead atoms. The number of nitrogens with zero attached hydrogens (tertiary/aromatic N) is 2. The van der Waals surface area contributed by atoms with Gasteiger partial charge >= 0.3 is 0 Å². The van der Waals surface area contributed by atoms with Crippen LogP contribution in [0, 0.1) is 0 Å². The summed E-state index contributed by atoms with van der Waals surface area (Å²) < 4.78 is 1.03. The summed E-state index contributed by atoms with van der Waals surface area (Å²) in [5.41, 5.74) is 2.90. The van der Waals surface area contributed by atoms with Crippen molar-refractivity contribution in [2.45, 2.75) is 13.1 Å². The predicted octanol–water partition coefficient (Wildman–Crippen LogP) is 3.24. The van der Waals surface area contributed by atoms with E-state index in [-0.39, 0.29) is 0 Å². The van der Waals surface area contributed by atoms with E-state index in [1.54, 1.807) is 0 Å². The predicted molar refractivity (Wildman–Crippen MR) is 75.0 cm³/mol. The van der Waals surface area contributed by atoms with Crippen LogP contribution in [0.2, 0.25) is 5.15 Å². The third kappa shape index (κ3) is 2.34. The molecular weight excluding hydrogens is 316 g/mol. The molecule has 18 heavy (non-hydrogen) atoms. The Kier molecular flexibility index (Phi) is 3.20. The quantitative estimate of drug-likeness (QED) is 0.832. The van der Waals surface area contributed by atoms with Crippen LogP contribution >= 0.6 is 27.5 Å². The van der Waals surface area contributed by atoms with Gasteiger partial charge in [-0.1, -0.05) is 27.5 Å². The summed E-state index contributed by atoms with van der Waals surface area (Å²) in [6.07, 6.45) is 0. The van der Waals surface area contributed by atoms with Crippen LogP contribution in [0.3, 0.4) is 0 Å². The fourth-order valence-corrected chi connectivity index (χ4v) is 2.37. The first-order valence-corrected chi connectivity index (χ1v) is 6.68. The lowest BCUT2D eigenvalue weighted by Gasteiger charge is -2.07. The largest absolute Gasteiger partial charge is 0.324 e. The van der Waals surface area contributed by atoms with Crippen molar-refractivity contribution in [2.75, 3.05) is 5.32 Å². The molecule has 0 atom stereocenters. The molecule has 1 aromatic heterocycles. The molecule has 0 aliphatic carbocycles. The Balaban J connectivity index is 1.89. The van der Waals surface area contributed by atoms with Gasteiger partial charge in [0, 0.05) is 28.8 Å². The molecule has 1 aromatic carbocycles. The SMILES string of the molecule is Clc1nc(Nc2ccc(Br)cc2)nc2c1CNC2. The Morgan fingerprint density at radius 2 is 1.94 bits per heavy atom. The van der Waals surface area contributed by atoms with Gasteiger partial charge in [-0.3, -0.25) is 0 Å². The van der Waals surface area contributed by atoms with Crippen LogP contribution in [0.4, 0.5) is 11.6 Å². The highest BCUT2D eigenvalue weighted by molar-refractivity contribution is 9.10. The van der Waals surface area contributed by atoms with E-state index in [2.05, 4.69) is 36.5 Å². The van der Waals surface area contributed by atoms with Gasteiger partial charge in [0.25, 0.3) is 0 Å². The molecule has 0 radical (unpaired) electrons. The van der Waals surface area contributed by atoms with Crippen molar-refractivity contribution >= 4 is 39.2 Å². The number of hydrogen-bond donors (Lipinski definition) is 2. The van der Waals surface area contributed by atoms with E-state index in [1.807, 2.05) is 24.3 Å². The number of aromatic nitrogens is 2. The fourth-order valence-electron chi connectivity index (χ4n) is 1.85. The van der Waals surface area contributed by atoms with Crippen molar-refractivity contribution in [1.29, 1.82) is 0 Å². The highest BCUT2D eigenvalue weighted by Gasteiger charge is 2.17. The summed E-state index contributed by atoms with van der Waals surface area (Å²) in [7, 11) is 0. The molecule has 0 amide bonds. The molecular formula is C12H10BrClN4. The summed E-state index contributed by atoms with van der Waals surface area (Å²) in [6.45, 7) is 1.49. The van der Waals surface area contributed by atoms with Crippen LogP contribution in [0.5, 0.6) is 0 Å². The third-order valence-corrected chi connectivity index (χ3v) is 3.58. The lowest BCUT2D eigenvalue weighted by Crippen LogP contribution is -2.02. The van der Waals surface area contributed by atoms with Crippen LogP contribution in [0.25, 0.3) is 0 Å². The van der Waals surface area contributed by atoms with Crippen molar-refractivity contribution in [3.05, 3.63) is 45.1 Å². The van der Waals surface area contributed by atoms with Gasteiger partial charge in [0.2, 0.25) is 5.95 Å². The number of fused-ring (bicyclic) bond motifs is 1. The maximum absolute atomic E-state index is 6.13. The average molecular weight is 326 g/mol. The van der Waals surface area contributed by atoms with E-state index in [1.165, 1.54) is 0 Å². The summed E-state index contributed by atoms with van der Waals surface area (Å²) in [6, 6.07) is 7.82. The van der Waals surface area contributed by atoms with Crippen LogP contribution in [-0.2, 0) is 13.1 Å². The zero-order valence-corrected chi connectivity index (χ0v) is 11.7. The molecule has 1 aliphatic heterocycles. The minimum Gasteiger partial charge on any atom is -0.324 e. The minimum atomic E-state index is 0.518. The summed E-state index contributed by atoms with van der Waals surface area (Å²) in [4.78, 5) is 8.70. The molecule has 2 aromatic rings. The van der Waals surface area contributed by atoms with Crippen molar-refractivity contribution in [3.63, 3.8) is 0 Å². The maximum atomic E-state index is 6.13. The Morgan fingerprint density at radius 3 is 2.72 bits per heavy atom. The first-order chi connectivity index (χ1) is 8.72. The van der Waals surface area contributed by atoms with Gasteiger partial charge in [-0.15, -0.1) is 0 Å². The molecule has 2 heterocycles. The van der Waals surface area contributed by atoms with Crippen LogP contribution in [-0.4, -0.2) is 9.97 Å². The third-order valence-electron chi connectivity index (χ3n) is 2.74. The van der Waals surface area contributed by atoms with E-state index in [0.717, 1.165) is 34.5 Å². The van der Waals surface area contributed by atoms with Gasteiger partial charge in [0.05, 0.1) is 5.69 Å². The van der Waals surface area contributed by atoms with Crippen LogP contribution in [0.1, 0.15) is 11.3 Å². The molecule has 3 rings (SSSR count). The summed E-state index contributed by atoms with van der Waals surface area (Å²) >= 11 is 9.52. The van der Waals surface area contributed by atoms with Crippen molar-refractivity contribution in [3.8, 4) is 0 Å². The van der Waals surface area contributed by atoms with Gasteiger partial charge < -0.3 is 10.6 Å². The van der Waals surface area contributed by atoms with Crippen molar-refractivity contribution in [1.82, 2.24) is 15.3 Å². The van der Waals surface area contributed by atoms with Gasteiger partial charge in [-0.2, -0.15) is 0 Å². The number of halogens is 2. The normalized spacial score (nSPS) is 13.4. The standard InChI is InChI=1S/C12H10BrClN4/c13-7-1-3-8(4-2-7)16-12-17-10-6-15-5-9(10)11(14)18-12/h1-4,15H,5-6H2,(H,16,17,18). The average Bonchev–Trinajstić information content (AvgIpc) is 2.81. The monoisotopic (exact) mass is 324 g/mol. The van der Waals surface area contributed by atoms with E-state index < -0.39 is 0 Å². The molecule has 6 heteroatoms. The molecule has 0 saturated heterocycles. The molecule has 0 spiro atoms. The molecule has 2 N–H and O–H groups in total. The first-order valence-electron chi connectivity index (χ1n) is 5.51. The van der Waals surface area contributed by atoms with Crippen molar-refractivity contribution < 1.29 is 0 Å². The molecule has 4 nitrogen and oxygen atoms in total. The van der Waals surface area contributed by atoms with Crippen molar-refractivity contribution in [2.24, 2.45) is 0 Å². The van der Waals surface area contributed by atoms with Gasteiger partial charge in [-0.25, -0.2) is 9.97 Å². The number of rotatable bonds is 2. The van der Waals surface area contributed by atoms with Gasteiger partial charge in [0.15, 0.2) is 0 Å². The number of anilines is 2. The zero-order valence-electron chi connectivity index (χ0n) is 9.37. The Hall–Kier alpha value is -1.17. The van der Waals surface area contributed by atoms with E-state index in [0.29, 0.717) is 11.1 Å². The Morgan fingerprint density at radius 1 is 1.17 bits per heavy atom. The lowest BCUT2D eigenvalue weighted by atomic mass is 10.3. The molecule has 0 unspecified atom stereocenters.